The summed E-state index contributed by atoms with van der Waals surface area (Å²) in [6.07, 6.45) is 2.18. The fourth-order valence-electron chi connectivity index (χ4n) is 5.72. The van der Waals surface area contributed by atoms with Gasteiger partial charge in [0.05, 0.1) is 5.56 Å². The van der Waals surface area contributed by atoms with Crippen LogP contribution in [0.15, 0.2) is 48.8 Å². The van der Waals surface area contributed by atoms with Crippen LogP contribution < -0.4 is 11.1 Å². The molecule has 5 heterocycles. The Labute approximate surface area is 227 Å². The molecular formula is C28H26F3N7O2. The number of hydrogen-bond acceptors (Lipinski definition) is 6. The maximum absolute atomic E-state index is 13.2. The molecular weight excluding hydrogens is 523 g/mol. The molecule has 0 saturated carbocycles. The first-order valence-corrected chi connectivity index (χ1v) is 13.0. The molecule has 2 aliphatic rings. The summed E-state index contributed by atoms with van der Waals surface area (Å²) in [5.41, 5.74) is 7.68. The zero-order valence-electron chi connectivity index (χ0n) is 21.6. The van der Waals surface area contributed by atoms with Crippen molar-refractivity contribution >= 4 is 29.0 Å². The van der Waals surface area contributed by atoms with Crippen LogP contribution in [0.1, 0.15) is 59.0 Å². The second-order valence-electron chi connectivity index (χ2n) is 10.3. The lowest BCUT2D eigenvalue weighted by molar-refractivity contribution is -0.137. The number of nitrogen functional groups attached to an aromatic ring is 1. The minimum absolute atomic E-state index is 0.0369. The number of rotatable bonds is 4. The van der Waals surface area contributed by atoms with Crippen molar-refractivity contribution in [3.05, 3.63) is 71.4 Å². The first-order chi connectivity index (χ1) is 19.1. The number of nitrogens with one attached hydrogen (secondary N) is 1. The van der Waals surface area contributed by atoms with E-state index in [1.54, 1.807) is 36.7 Å². The van der Waals surface area contributed by atoms with Gasteiger partial charge in [0.25, 0.3) is 5.91 Å². The number of nitrogens with zero attached hydrogens (tertiary/aromatic N) is 5. The van der Waals surface area contributed by atoms with Crippen molar-refractivity contribution in [1.29, 1.82) is 0 Å². The molecule has 12 heteroatoms. The van der Waals surface area contributed by atoms with E-state index >= 15 is 0 Å². The molecule has 2 unspecified atom stereocenters. The second kappa shape index (κ2) is 9.61. The highest BCUT2D eigenvalue weighted by molar-refractivity contribution is 6.04. The van der Waals surface area contributed by atoms with Gasteiger partial charge in [-0.3, -0.25) is 14.0 Å². The maximum Gasteiger partial charge on any atom is 0.416 e. The van der Waals surface area contributed by atoms with Crippen LogP contribution in [0.25, 0.3) is 16.8 Å². The Kier molecular flexibility index (Phi) is 6.20. The van der Waals surface area contributed by atoms with Gasteiger partial charge in [0.15, 0.2) is 0 Å². The summed E-state index contributed by atoms with van der Waals surface area (Å²) in [5, 5.41) is 2.45. The lowest BCUT2D eigenvalue weighted by Gasteiger charge is -2.34. The number of carbonyl (C=O) groups is 2. The van der Waals surface area contributed by atoms with Gasteiger partial charge in [-0.15, -0.1) is 0 Å². The lowest BCUT2D eigenvalue weighted by Crippen LogP contribution is -2.41. The van der Waals surface area contributed by atoms with Crippen molar-refractivity contribution in [2.24, 2.45) is 0 Å². The Hall–Kier alpha value is -4.48. The van der Waals surface area contributed by atoms with Crippen LogP contribution in [0, 0.1) is 6.92 Å². The summed E-state index contributed by atoms with van der Waals surface area (Å²) in [5.74, 6) is 0.536. The van der Waals surface area contributed by atoms with Gasteiger partial charge in [-0.2, -0.15) is 13.2 Å². The van der Waals surface area contributed by atoms with E-state index in [4.69, 9.17) is 10.7 Å². The molecule has 4 aromatic rings. The average molecular weight is 550 g/mol. The number of aryl methyl sites for hydroxylation is 1. The third-order valence-corrected chi connectivity index (χ3v) is 7.64. The number of benzene rings is 1. The first-order valence-electron chi connectivity index (χ1n) is 13.0. The molecule has 0 radical (unpaired) electrons. The number of piperidine rings is 1. The summed E-state index contributed by atoms with van der Waals surface area (Å²) in [7, 11) is 0. The number of halogens is 3. The number of fused-ring (bicyclic) bond motifs is 2. The molecule has 1 aromatic carbocycles. The molecule has 3 aromatic heterocycles. The van der Waals surface area contributed by atoms with Crippen LogP contribution in [-0.2, 0) is 11.0 Å². The SMILES string of the molecule is Cc1cc(C(F)(F)F)cc(NC(=O)c2ccc(-c3nc(C4CCC5CCC(=O)N5C4)n4ccnc(N)c34)cc2)n1. The monoisotopic (exact) mass is 549 g/mol. The molecule has 206 valence electrons. The van der Waals surface area contributed by atoms with Crippen molar-refractivity contribution in [3.63, 3.8) is 0 Å². The van der Waals surface area contributed by atoms with Gasteiger partial charge < -0.3 is 16.0 Å². The van der Waals surface area contributed by atoms with Crippen molar-refractivity contribution in [2.75, 3.05) is 17.6 Å². The fourth-order valence-corrected chi connectivity index (χ4v) is 5.72. The molecule has 9 nitrogen and oxygen atoms in total. The van der Waals surface area contributed by atoms with Gasteiger partial charge in [0.1, 0.15) is 28.7 Å². The number of alkyl halides is 3. The van der Waals surface area contributed by atoms with Gasteiger partial charge in [0.2, 0.25) is 5.91 Å². The Bertz CT molecular complexity index is 1630. The van der Waals surface area contributed by atoms with E-state index in [1.807, 2.05) is 9.30 Å². The lowest BCUT2D eigenvalue weighted by atomic mass is 9.92. The average Bonchev–Trinajstić information content (AvgIpc) is 3.49. The van der Waals surface area contributed by atoms with Crippen LogP contribution in [-0.4, -0.2) is 48.7 Å². The van der Waals surface area contributed by atoms with Gasteiger partial charge in [-0.25, -0.2) is 15.0 Å². The van der Waals surface area contributed by atoms with E-state index < -0.39 is 17.6 Å². The third kappa shape index (κ3) is 4.63. The third-order valence-electron chi connectivity index (χ3n) is 7.64. The van der Waals surface area contributed by atoms with E-state index in [0.29, 0.717) is 41.6 Å². The topological polar surface area (TPSA) is 119 Å². The van der Waals surface area contributed by atoms with E-state index in [-0.39, 0.29) is 28.9 Å². The number of carbonyl (C=O) groups excluding carboxylic acids is 2. The summed E-state index contributed by atoms with van der Waals surface area (Å²) in [6.45, 7) is 2.03. The van der Waals surface area contributed by atoms with Gasteiger partial charge in [-0.1, -0.05) is 12.1 Å². The molecule has 2 amide bonds. The minimum atomic E-state index is -4.55. The summed E-state index contributed by atoms with van der Waals surface area (Å²) in [4.78, 5) is 40.4. The second-order valence-corrected chi connectivity index (χ2v) is 10.3. The largest absolute Gasteiger partial charge is 0.416 e. The fraction of sp³-hybridized carbons (Fsp3) is 0.321. The number of amides is 2. The Morgan fingerprint density at radius 3 is 2.62 bits per heavy atom. The van der Waals surface area contributed by atoms with Crippen molar-refractivity contribution in [3.8, 4) is 11.3 Å². The van der Waals surface area contributed by atoms with Gasteiger partial charge in [-0.05, 0) is 50.5 Å². The zero-order chi connectivity index (χ0) is 28.2. The first kappa shape index (κ1) is 25.8. The number of anilines is 2. The Balaban J connectivity index is 1.28. The summed E-state index contributed by atoms with van der Waals surface area (Å²) >= 11 is 0. The van der Waals surface area contributed by atoms with Crippen molar-refractivity contribution in [2.45, 2.75) is 50.7 Å². The zero-order valence-corrected chi connectivity index (χ0v) is 21.6. The van der Waals surface area contributed by atoms with Crippen LogP contribution >= 0.6 is 0 Å². The number of hydrogen-bond donors (Lipinski definition) is 2. The predicted molar refractivity (Wildman–Crippen MR) is 141 cm³/mol. The van der Waals surface area contributed by atoms with Gasteiger partial charge >= 0.3 is 6.18 Å². The standard InChI is InChI=1S/C28H26F3N7O2/c1-15-12-19(28(29,30)31)13-21(34-15)35-27(40)17-4-2-16(3-5-17)23-24-25(32)33-10-11-37(24)26(36-23)18-6-7-20-8-9-22(39)38(20)14-18/h2-5,10-13,18,20H,6-9,14H2,1H3,(H2,32,33)(H,34,35,40). The summed E-state index contributed by atoms with van der Waals surface area (Å²) in [6, 6.07) is 8.57. The van der Waals surface area contributed by atoms with E-state index in [2.05, 4.69) is 15.3 Å². The van der Waals surface area contributed by atoms with E-state index in [1.165, 1.54) is 6.92 Å². The van der Waals surface area contributed by atoms with Crippen LogP contribution in [0.5, 0.6) is 0 Å². The number of pyridine rings is 1. The number of nitrogens with two attached hydrogens (primary N) is 1. The molecule has 2 fully saturated rings. The molecule has 0 aliphatic carbocycles. The van der Waals surface area contributed by atoms with E-state index in [9.17, 15) is 22.8 Å². The van der Waals surface area contributed by atoms with Gasteiger partial charge in [0, 0.05) is 54.1 Å². The molecule has 2 atom stereocenters. The van der Waals surface area contributed by atoms with Crippen molar-refractivity contribution in [1.82, 2.24) is 24.3 Å². The van der Waals surface area contributed by atoms with E-state index in [0.717, 1.165) is 37.2 Å². The maximum atomic E-state index is 13.2. The van der Waals surface area contributed by atoms with Crippen LogP contribution in [0.3, 0.4) is 0 Å². The van der Waals surface area contributed by atoms with Crippen LogP contribution in [0.4, 0.5) is 24.8 Å². The van der Waals surface area contributed by atoms with Crippen LogP contribution in [0.2, 0.25) is 0 Å². The number of aromatic nitrogens is 4. The predicted octanol–water partition coefficient (Wildman–Crippen LogP) is 4.82. The minimum Gasteiger partial charge on any atom is -0.382 e. The molecule has 0 spiro atoms. The smallest absolute Gasteiger partial charge is 0.382 e. The highest BCUT2D eigenvalue weighted by Crippen LogP contribution is 2.38. The molecule has 2 aliphatic heterocycles. The molecule has 40 heavy (non-hydrogen) atoms. The highest BCUT2D eigenvalue weighted by atomic mass is 19.4. The Morgan fingerprint density at radius 2 is 1.88 bits per heavy atom. The normalized spacial score (nSPS) is 19.2. The molecule has 6 rings (SSSR count). The molecule has 2 saturated heterocycles. The Morgan fingerprint density at radius 1 is 1.10 bits per heavy atom. The summed E-state index contributed by atoms with van der Waals surface area (Å²) < 4.78 is 41.4. The molecule has 0 bridgehead atoms. The van der Waals surface area contributed by atoms with Crippen molar-refractivity contribution < 1.29 is 22.8 Å². The molecule has 3 N–H and O–H groups in total. The number of imidazole rings is 1. The highest BCUT2D eigenvalue weighted by Gasteiger charge is 2.38. The quantitative estimate of drug-likeness (QED) is 0.377.